The molecule has 2 atom stereocenters. The van der Waals surface area contributed by atoms with Crippen molar-refractivity contribution < 1.29 is 0 Å². The maximum Gasteiger partial charge on any atom is 0.0223 e. The molecule has 0 aromatic rings. The lowest BCUT2D eigenvalue weighted by molar-refractivity contribution is 0.219. The Hall–Kier alpha value is 0.400. The fourth-order valence-electron chi connectivity index (χ4n) is 2.87. The lowest BCUT2D eigenvalue weighted by atomic mass is 10.1. The van der Waals surface area contributed by atoms with E-state index in [9.17, 15) is 0 Å². The van der Waals surface area contributed by atoms with Gasteiger partial charge in [-0.25, -0.2) is 0 Å². The van der Waals surface area contributed by atoms with Crippen LogP contribution in [0.15, 0.2) is 0 Å². The molecule has 2 saturated heterocycles. The van der Waals surface area contributed by atoms with E-state index < -0.39 is 0 Å². The van der Waals surface area contributed by atoms with Crippen molar-refractivity contribution in [2.24, 2.45) is 0 Å². The first-order valence-electron chi connectivity index (χ1n) is 5.81. The Labute approximate surface area is 95.8 Å². The highest BCUT2D eigenvalue weighted by Crippen LogP contribution is 2.28. The average molecular weight is 261 g/mol. The molecule has 2 aliphatic heterocycles. The summed E-state index contributed by atoms with van der Waals surface area (Å²) < 4.78 is 0. The molecule has 2 rings (SSSR count). The van der Waals surface area contributed by atoms with Gasteiger partial charge < -0.3 is 4.90 Å². The van der Waals surface area contributed by atoms with Crippen LogP contribution >= 0.6 is 15.9 Å². The van der Waals surface area contributed by atoms with Crippen LogP contribution in [-0.2, 0) is 0 Å². The van der Waals surface area contributed by atoms with Crippen LogP contribution in [0.4, 0.5) is 0 Å². The van der Waals surface area contributed by atoms with E-state index in [0.29, 0.717) is 0 Å². The summed E-state index contributed by atoms with van der Waals surface area (Å²) in [6.45, 7) is 3.90. The van der Waals surface area contributed by atoms with E-state index in [0.717, 1.165) is 17.4 Å². The van der Waals surface area contributed by atoms with Gasteiger partial charge in [0.05, 0.1) is 0 Å². The van der Waals surface area contributed by atoms with E-state index >= 15 is 0 Å². The number of alkyl halides is 1. The molecule has 0 amide bonds. The molecule has 0 aromatic heterocycles. The zero-order valence-electron chi connectivity index (χ0n) is 9.08. The molecular formula is C11H21BrN2. The van der Waals surface area contributed by atoms with Crippen LogP contribution in [0.3, 0.4) is 0 Å². The molecule has 2 nitrogen and oxygen atoms in total. The number of hydrogen-bond acceptors (Lipinski definition) is 2. The number of likely N-dealkylation sites (N-methyl/N-ethyl adjacent to an activating group) is 1. The van der Waals surface area contributed by atoms with Crippen molar-refractivity contribution in [2.75, 3.05) is 32.0 Å². The highest BCUT2D eigenvalue weighted by molar-refractivity contribution is 9.09. The second kappa shape index (κ2) is 4.95. The third-order valence-corrected chi connectivity index (χ3v) is 4.40. The second-order valence-electron chi connectivity index (χ2n) is 4.68. The van der Waals surface area contributed by atoms with Gasteiger partial charge in [-0.1, -0.05) is 15.9 Å². The minimum Gasteiger partial charge on any atom is -0.302 e. The van der Waals surface area contributed by atoms with Gasteiger partial charge in [-0.3, -0.25) is 4.90 Å². The summed E-state index contributed by atoms with van der Waals surface area (Å²) in [6.07, 6.45) is 5.54. The predicted octanol–water partition coefficient (Wildman–Crippen LogP) is 1.94. The molecule has 82 valence electrons. The smallest absolute Gasteiger partial charge is 0.0223 e. The monoisotopic (exact) mass is 260 g/mol. The highest BCUT2D eigenvalue weighted by Gasteiger charge is 2.34. The molecule has 0 radical (unpaired) electrons. The number of hydrogen-bond donors (Lipinski definition) is 0. The van der Waals surface area contributed by atoms with Gasteiger partial charge in [0.25, 0.3) is 0 Å². The quantitative estimate of drug-likeness (QED) is 0.716. The molecule has 2 aliphatic rings. The Balaban J connectivity index is 1.87. The third-order valence-electron chi connectivity index (χ3n) is 3.84. The van der Waals surface area contributed by atoms with Crippen LogP contribution < -0.4 is 0 Å². The second-order valence-corrected chi connectivity index (χ2v) is 5.48. The first-order valence-corrected chi connectivity index (χ1v) is 6.93. The van der Waals surface area contributed by atoms with Gasteiger partial charge in [0, 0.05) is 24.0 Å². The fraction of sp³-hybridized carbons (Fsp3) is 1.00. The minimum atomic E-state index is 0.845. The van der Waals surface area contributed by atoms with E-state index in [4.69, 9.17) is 0 Å². The molecule has 2 bridgehead atoms. The molecule has 0 N–H and O–H groups in total. The van der Waals surface area contributed by atoms with E-state index in [2.05, 4.69) is 32.8 Å². The lowest BCUT2D eigenvalue weighted by Gasteiger charge is -2.25. The first-order chi connectivity index (χ1) is 6.81. The largest absolute Gasteiger partial charge is 0.302 e. The van der Waals surface area contributed by atoms with Crippen molar-refractivity contribution in [2.45, 2.75) is 37.8 Å². The van der Waals surface area contributed by atoms with Crippen molar-refractivity contribution in [3.05, 3.63) is 0 Å². The van der Waals surface area contributed by atoms with Crippen LogP contribution in [0.5, 0.6) is 0 Å². The SMILES string of the molecule is CN1C2CCC1CN(CCCBr)CC2. The van der Waals surface area contributed by atoms with Gasteiger partial charge in [0.2, 0.25) is 0 Å². The van der Waals surface area contributed by atoms with Crippen LogP contribution in [0.1, 0.15) is 25.7 Å². The molecule has 14 heavy (non-hydrogen) atoms. The molecule has 0 aliphatic carbocycles. The number of likely N-dealkylation sites (tertiary alicyclic amines) is 1. The summed E-state index contributed by atoms with van der Waals surface area (Å²) in [5.41, 5.74) is 0. The summed E-state index contributed by atoms with van der Waals surface area (Å²) in [6, 6.07) is 1.73. The van der Waals surface area contributed by atoms with Gasteiger partial charge in [-0.2, -0.15) is 0 Å². The summed E-state index contributed by atoms with van der Waals surface area (Å²) >= 11 is 3.51. The molecular weight excluding hydrogens is 240 g/mol. The molecule has 0 saturated carbocycles. The first kappa shape index (κ1) is 10.9. The van der Waals surface area contributed by atoms with Crippen molar-refractivity contribution >= 4 is 15.9 Å². The summed E-state index contributed by atoms with van der Waals surface area (Å²) in [7, 11) is 2.32. The molecule has 2 fully saturated rings. The molecule has 2 unspecified atom stereocenters. The Bertz CT molecular complexity index is 186. The van der Waals surface area contributed by atoms with Crippen molar-refractivity contribution in [1.29, 1.82) is 0 Å². The molecule has 2 heterocycles. The maximum absolute atomic E-state index is 3.51. The fourth-order valence-corrected chi connectivity index (χ4v) is 3.12. The number of nitrogens with zero attached hydrogens (tertiary/aromatic N) is 2. The van der Waals surface area contributed by atoms with Crippen molar-refractivity contribution in [3.63, 3.8) is 0 Å². The summed E-state index contributed by atoms with van der Waals surface area (Å²) in [5.74, 6) is 0. The Morgan fingerprint density at radius 2 is 2.00 bits per heavy atom. The lowest BCUT2D eigenvalue weighted by Crippen LogP contribution is -2.37. The van der Waals surface area contributed by atoms with Crippen molar-refractivity contribution in [3.8, 4) is 0 Å². The van der Waals surface area contributed by atoms with Crippen LogP contribution in [0.25, 0.3) is 0 Å². The average Bonchev–Trinajstić information content (AvgIpc) is 2.40. The topological polar surface area (TPSA) is 6.48 Å². The number of rotatable bonds is 3. The van der Waals surface area contributed by atoms with Crippen LogP contribution in [-0.4, -0.2) is 53.9 Å². The number of fused-ring (bicyclic) bond motifs is 2. The Morgan fingerprint density at radius 1 is 1.21 bits per heavy atom. The zero-order valence-corrected chi connectivity index (χ0v) is 10.7. The molecule has 0 spiro atoms. The van der Waals surface area contributed by atoms with Crippen LogP contribution in [0, 0.1) is 0 Å². The van der Waals surface area contributed by atoms with Gasteiger partial charge >= 0.3 is 0 Å². The van der Waals surface area contributed by atoms with Gasteiger partial charge in [-0.05, 0) is 45.8 Å². The van der Waals surface area contributed by atoms with Crippen molar-refractivity contribution in [1.82, 2.24) is 9.80 Å². The summed E-state index contributed by atoms with van der Waals surface area (Å²) in [5, 5.41) is 1.15. The summed E-state index contributed by atoms with van der Waals surface area (Å²) in [4.78, 5) is 5.27. The third kappa shape index (κ3) is 2.31. The predicted molar refractivity (Wildman–Crippen MR) is 64.0 cm³/mol. The molecule has 3 heteroatoms. The van der Waals surface area contributed by atoms with Gasteiger partial charge in [0.15, 0.2) is 0 Å². The minimum absolute atomic E-state index is 0.845. The van der Waals surface area contributed by atoms with E-state index in [1.54, 1.807) is 0 Å². The Kier molecular flexibility index (Phi) is 3.86. The van der Waals surface area contributed by atoms with E-state index in [1.807, 2.05) is 0 Å². The number of halogens is 1. The van der Waals surface area contributed by atoms with Gasteiger partial charge in [0.1, 0.15) is 0 Å². The molecule has 0 aromatic carbocycles. The van der Waals surface area contributed by atoms with Crippen LogP contribution in [0.2, 0.25) is 0 Å². The standard InChI is InChI=1S/C11H21BrN2/c1-13-10-3-4-11(13)9-14(8-5-10)7-2-6-12/h10-11H,2-9H2,1H3. The highest BCUT2D eigenvalue weighted by atomic mass is 79.9. The zero-order chi connectivity index (χ0) is 9.97. The van der Waals surface area contributed by atoms with E-state index in [1.165, 1.54) is 45.3 Å². The maximum atomic E-state index is 3.51. The van der Waals surface area contributed by atoms with Gasteiger partial charge in [-0.15, -0.1) is 0 Å². The Morgan fingerprint density at radius 3 is 2.79 bits per heavy atom. The van der Waals surface area contributed by atoms with E-state index in [-0.39, 0.29) is 0 Å². The normalized spacial score (nSPS) is 34.7.